The lowest BCUT2D eigenvalue weighted by Gasteiger charge is -2.13. The van der Waals surface area contributed by atoms with Crippen LogP contribution in [0.1, 0.15) is 15.9 Å². The van der Waals surface area contributed by atoms with Gasteiger partial charge in [-0.15, -0.1) is 11.3 Å². The van der Waals surface area contributed by atoms with E-state index in [9.17, 15) is 4.79 Å². The lowest BCUT2D eigenvalue weighted by molar-refractivity contribution is 0.102. The molecule has 1 N–H and O–H groups in total. The summed E-state index contributed by atoms with van der Waals surface area (Å²) in [5, 5.41) is 6.04. The average molecular weight is 425 g/mol. The number of carbonyl (C=O) groups is 1. The fourth-order valence-corrected chi connectivity index (χ4v) is 4.65. The Labute approximate surface area is 184 Å². The fourth-order valence-electron chi connectivity index (χ4n) is 3.69. The number of methoxy groups -OCH3 is 1. The van der Waals surface area contributed by atoms with Gasteiger partial charge >= 0.3 is 0 Å². The Kier molecular flexibility index (Phi) is 4.88. The van der Waals surface area contributed by atoms with Crippen LogP contribution in [-0.2, 0) is 0 Å². The number of carbonyl (C=O) groups excluding carboxylic acids is 1. The number of nitrogens with one attached hydrogen (secondary N) is 1. The third-order valence-corrected chi connectivity index (χ3v) is 6.41. The molecule has 5 aromatic rings. The minimum absolute atomic E-state index is 0.196. The number of fused-ring (bicyclic) bond motifs is 2. The first kappa shape index (κ1) is 19.3. The topological polar surface area (TPSA) is 51.2 Å². The van der Waals surface area contributed by atoms with Crippen LogP contribution in [0.25, 0.3) is 31.6 Å². The van der Waals surface area contributed by atoms with Crippen LogP contribution in [0.4, 0.5) is 5.69 Å². The van der Waals surface area contributed by atoms with Gasteiger partial charge in [-0.2, -0.15) is 0 Å². The standard InChI is InChI=1S/C26H20N2O2S/c1-16-13-19(26-28-22-9-5-6-10-24(22)31-26)11-12-21(16)27-25(29)20-14-17-7-3-4-8-18(17)15-23(20)30-2/h3-15H,1-2H3,(H,27,29). The summed E-state index contributed by atoms with van der Waals surface area (Å²) in [6.07, 6.45) is 0. The van der Waals surface area contributed by atoms with E-state index in [1.165, 1.54) is 0 Å². The van der Waals surface area contributed by atoms with Crippen molar-refractivity contribution in [1.29, 1.82) is 0 Å². The summed E-state index contributed by atoms with van der Waals surface area (Å²) < 4.78 is 6.64. The summed E-state index contributed by atoms with van der Waals surface area (Å²) in [4.78, 5) is 17.8. The van der Waals surface area contributed by atoms with Crippen molar-refractivity contribution in [3.05, 3.63) is 90.0 Å². The molecule has 0 aliphatic rings. The molecular formula is C26H20N2O2S. The summed E-state index contributed by atoms with van der Waals surface area (Å²) in [6.45, 7) is 1.99. The molecular weight excluding hydrogens is 404 g/mol. The third kappa shape index (κ3) is 3.64. The van der Waals surface area contributed by atoms with Gasteiger partial charge in [-0.1, -0.05) is 36.4 Å². The van der Waals surface area contributed by atoms with E-state index in [0.29, 0.717) is 11.3 Å². The maximum atomic E-state index is 13.1. The number of anilines is 1. The molecule has 1 aromatic heterocycles. The molecule has 0 spiro atoms. The molecule has 0 aliphatic heterocycles. The molecule has 0 radical (unpaired) electrons. The highest BCUT2D eigenvalue weighted by molar-refractivity contribution is 7.21. The Balaban J connectivity index is 1.45. The summed E-state index contributed by atoms with van der Waals surface area (Å²) >= 11 is 1.67. The van der Waals surface area contributed by atoms with Crippen LogP contribution in [0.3, 0.4) is 0 Å². The SMILES string of the molecule is COc1cc2ccccc2cc1C(=O)Nc1ccc(-c2nc3ccccc3s2)cc1C. The van der Waals surface area contributed by atoms with Gasteiger partial charge in [0.25, 0.3) is 5.91 Å². The van der Waals surface area contributed by atoms with E-state index in [4.69, 9.17) is 9.72 Å². The van der Waals surface area contributed by atoms with Crippen LogP contribution in [0.5, 0.6) is 5.75 Å². The third-order valence-electron chi connectivity index (χ3n) is 5.33. The van der Waals surface area contributed by atoms with E-state index in [1.54, 1.807) is 18.4 Å². The maximum absolute atomic E-state index is 13.1. The molecule has 0 atom stereocenters. The molecule has 0 fully saturated rings. The fraction of sp³-hybridized carbons (Fsp3) is 0.0769. The number of amides is 1. The summed E-state index contributed by atoms with van der Waals surface area (Å²) in [7, 11) is 1.58. The second-order valence-electron chi connectivity index (χ2n) is 7.37. The zero-order valence-corrected chi connectivity index (χ0v) is 18.0. The molecule has 152 valence electrons. The first-order valence-corrected chi connectivity index (χ1v) is 10.8. The Bertz CT molecular complexity index is 1410. The second-order valence-corrected chi connectivity index (χ2v) is 8.40. The highest BCUT2D eigenvalue weighted by Crippen LogP contribution is 2.32. The highest BCUT2D eigenvalue weighted by atomic mass is 32.1. The van der Waals surface area contributed by atoms with Crippen LogP contribution in [0.15, 0.2) is 78.9 Å². The molecule has 0 unspecified atom stereocenters. The number of hydrogen-bond acceptors (Lipinski definition) is 4. The van der Waals surface area contributed by atoms with Gasteiger partial charge in [0.05, 0.1) is 22.9 Å². The molecule has 0 bridgehead atoms. The number of nitrogens with zero attached hydrogens (tertiary/aromatic N) is 1. The van der Waals surface area contributed by atoms with Crippen molar-refractivity contribution in [1.82, 2.24) is 4.98 Å². The average Bonchev–Trinajstić information content (AvgIpc) is 3.23. The first-order chi connectivity index (χ1) is 15.1. The van der Waals surface area contributed by atoms with Crippen molar-refractivity contribution in [3.8, 4) is 16.3 Å². The lowest BCUT2D eigenvalue weighted by atomic mass is 10.0. The number of benzene rings is 4. The van der Waals surface area contributed by atoms with Gasteiger partial charge in [0, 0.05) is 11.3 Å². The first-order valence-electron chi connectivity index (χ1n) is 9.97. The van der Waals surface area contributed by atoms with Gasteiger partial charge in [0.1, 0.15) is 10.8 Å². The quantitative estimate of drug-likeness (QED) is 0.350. The molecule has 4 nitrogen and oxygen atoms in total. The number of aromatic nitrogens is 1. The zero-order chi connectivity index (χ0) is 21.4. The van der Waals surface area contributed by atoms with E-state index in [0.717, 1.165) is 42.8 Å². The van der Waals surface area contributed by atoms with Crippen molar-refractivity contribution < 1.29 is 9.53 Å². The number of rotatable bonds is 4. The number of thiazole rings is 1. The van der Waals surface area contributed by atoms with Gasteiger partial charge < -0.3 is 10.1 Å². The molecule has 4 aromatic carbocycles. The van der Waals surface area contributed by atoms with Gasteiger partial charge in [-0.25, -0.2) is 4.98 Å². The Morgan fingerprint density at radius 3 is 2.42 bits per heavy atom. The molecule has 31 heavy (non-hydrogen) atoms. The summed E-state index contributed by atoms with van der Waals surface area (Å²) in [5.41, 5.74) is 4.30. The van der Waals surface area contributed by atoms with Crippen LogP contribution in [0.2, 0.25) is 0 Å². The molecule has 0 aliphatic carbocycles. The summed E-state index contributed by atoms with van der Waals surface area (Å²) in [5.74, 6) is 0.360. The van der Waals surface area contributed by atoms with Crippen molar-refractivity contribution in [2.24, 2.45) is 0 Å². The predicted octanol–water partition coefficient (Wildman–Crippen LogP) is 6.69. The van der Waals surface area contributed by atoms with Crippen molar-refractivity contribution in [2.45, 2.75) is 6.92 Å². The smallest absolute Gasteiger partial charge is 0.259 e. The second kappa shape index (κ2) is 7.85. The van der Waals surface area contributed by atoms with E-state index >= 15 is 0 Å². The zero-order valence-electron chi connectivity index (χ0n) is 17.2. The van der Waals surface area contributed by atoms with Crippen LogP contribution < -0.4 is 10.1 Å². The highest BCUT2D eigenvalue weighted by Gasteiger charge is 2.15. The van der Waals surface area contributed by atoms with Crippen molar-refractivity contribution >= 4 is 43.9 Å². The van der Waals surface area contributed by atoms with Gasteiger partial charge in [-0.05, 0) is 65.7 Å². The minimum atomic E-state index is -0.196. The number of ether oxygens (including phenoxy) is 1. The van der Waals surface area contributed by atoms with Crippen LogP contribution in [-0.4, -0.2) is 18.0 Å². The predicted molar refractivity (Wildman–Crippen MR) is 128 cm³/mol. The molecule has 5 heteroatoms. The number of hydrogen-bond donors (Lipinski definition) is 1. The van der Waals surface area contributed by atoms with Crippen molar-refractivity contribution in [2.75, 3.05) is 12.4 Å². The lowest BCUT2D eigenvalue weighted by Crippen LogP contribution is -2.14. The number of aryl methyl sites for hydroxylation is 1. The van der Waals surface area contributed by atoms with Gasteiger partial charge in [0.15, 0.2) is 0 Å². The van der Waals surface area contributed by atoms with Crippen molar-refractivity contribution in [3.63, 3.8) is 0 Å². The monoisotopic (exact) mass is 424 g/mol. The maximum Gasteiger partial charge on any atom is 0.259 e. The van der Waals surface area contributed by atoms with E-state index in [1.807, 2.05) is 73.7 Å². The Hall–Kier alpha value is -3.70. The molecule has 0 saturated heterocycles. The van der Waals surface area contributed by atoms with Gasteiger partial charge in [-0.3, -0.25) is 4.79 Å². The van der Waals surface area contributed by atoms with E-state index in [2.05, 4.69) is 17.4 Å². The normalized spacial score (nSPS) is 11.0. The Morgan fingerprint density at radius 1 is 0.935 bits per heavy atom. The van der Waals surface area contributed by atoms with Crippen LogP contribution in [0, 0.1) is 6.92 Å². The molecule has 1 heterocycles. The summed E-state index contributed by atoms with van der Waals surface area (Å²) in [6, 6.07) is 25.8. The van der Waals surface area contributed by atoms with E-state index < -0.39 is 0 Å². The molecule has 0 saturated carbocycles. The molecule has 5 rings (SSSR count). The largest absolute Gasteiger partial charge is 0.496 e. The Morgan fingerprint density at radius 2 is 1.68 bits per heavy atom. The minimum Gasteiger partial charge on any atom is -0.496 e. The van der Waals surface area contributed by atoms with Gasteiger partial charge in [0.2, 0.25) is 0 Å². The van der Waals surface area contributed by atoms with Crippen LogP contribution >= 0.6 is 11.3 Å². The molecule has 1 amide bonds. The number of para-hydroxylation sites is 1. The van der Waals surface area contributed by atoms with E-state index in [-0.39, 0.29) is 5.91 Å².